The van der Waals surface area contributed by atoms with Crippen molar-refractivity contribution in [1.29, 1.82) is 0 Å². The first-order valence-corrected chi connectivity index (χ1v) is 12.4. The van der Waals surface area contributed by atoms with Gasteiger partial charge in [-0.25, -0.2) is 0 Å². The summed E-state index contributed by atoms with van der Waals surface area (Å²) in [6.07, 6.45) is -6.08. The minimum atomic E-state index is -1.50. The molecule has 0 aliphatic carbocycles. The highest BCUT2D eigenvalue weighted by atomic mass is 16.7. The Bertz CT molecular complexity index is 914. The highest BCUT2D eigenvalue weighted by Gasteiger charge is 2.42. The van der Waals surface area contributed by atoms with Gasteiger partial charge in [0.05, 0.1) is 19.1 Å². The van der Waals surface area contributed by atoms with Crippen LogP contribution in [0.25, 0.3) is 0 Å². The molecule has 0 spiro atoms. The number of rotatable bonds is 15. The summed E-state index contributed by atoms with van der Waals surface area (Å²) in [5, 5.41) is 43.3. The molecular weight excluding hydrogens is 504 g/mol. The van der Waals surface area contributed by atoms with Crippen molar-refractivity contribution in [2.75, 3.05) is 13.2 Å². The molecule has 2 amide bonds. The maximum Gasteiger partial charge on any atom is 0.306 e. The first-order chi connectivity index (χ1) is 18.1. The molecule has 0 aromatic heterocycles. The second kappa shape index (κ2) is 16.0. The first-order valence-electron chi connectivity index (χ1n) is 12.4. The van der Waals surface area contributed by atoms with Crippen molar-refractivity contribution in [2.24, 2.45) is 0 Å². The molecule has 0 radical (unpaired) electrons. The number of carbonyl (C=O) groups is 4. The van der Waals surface area contributed by atoms with Gasteiger partial charge in [-0.3, -0.25) is 19.2 Å². The van der Waals surface area contributed by atoms with Gasteiger partial charge in [0.1, 0.15) is 31.0 Å². The number of carboxylic acids is 1. The predicted octanol–water partition coefficient (Wildman–Crippen LogP) is -0.790. The summed E-state index contributed by atoms with van der Waals surface area (Å²) in [4.78, 5) is 47.7. The maximum absolute atomic E-state index is 12.4. The highest BCUT2D eigenvalue weighted by molar-refractivity contribution is 5.90. The molecule has 1 aromatic carbocycles. The number of ether oxygens (including phenoxy) is 3. The highest BCUT2D eigenvalue weighted by Crippen LogP contribution is 2.21. The topological polar surface area (TPSA) is 201 Å². The third-order valence-electron chi connectivity index (χ3n) is 5.80. The summed E-state index contributed by atoms with van der Waals surface area (Å²) in [7, 11) is 0. The monoisotopic (exact) mass is 540 g/mol. The van der Waals surface area contributed by atoms with Crippen LogP contribution in [0.15, 0.2) is 30.3 Å². The van der Waals surface area contributed by atoms with E-state index in [1.54, 1.807) is 0 Å². The lowest BCUT2D eigenvalue weighted by molar-refractivity contribution is -0.292. The molecular formula is C25H36N2O11. The zero-order valence-electron chi connectivity index (χ0n) is 21.2. The molecule has 1 saturated heterocycles. The fourth-order valence-corrected chi connectivity index (χ4v) is 3.64. The third kappa shape index (κ3) is 10.7. The summed E-state index contributed by atoms with van der Waals surface area (Å²) in [5.74, 6) is -2.97. The van der Waals surface area contributed by atoms with Gasteiger partial charge in [-0.2, -0.15) is 0 Å². The summed E-state index contributed by atoms with van der Waals surface area (Å²) >= 11 is 0. The molecule has 212 valence electrons. The van der Waals surface area contributed by atoms with Gasteiger partial charge in [0.25, 0.3) is 0 Å². The van der Waals surface area contributed by atoms with E-state index in [1.165, 1.54) is 6.92 Å². The molecule has 0 saturated carbocycles. The van der Waals surface area contributed by atoms with E-state index in [2.05, 4.69) is 10.6 Å². The van der Waals surface area contributed by atoms with Crippen molar-refractivity contribution < 1.29 is 53.8 Å². The third-order valence-corrected chi connectivity index (χ3v) is 5.80. The molecule has 13 heteroatoms. The Balaban J connectivity index is 1.67. The zero-order chi connectivity index (χ0) is 28.1. The van der Waals surface area contributed by atoms with Crippen LogP contribution in [-0.4, -0.2) is 94.1 Å². The van der Waals surface area contributed by atoms with Crippen LogP contribution in [0.4, 0.5) is 0 Å². The van der Waals surface area contributed by atoms with Crippen LogP contribution in [0.1, 0.15) is 44.6 Å². The number of unbranched alkanes of at least 4 members (excludes halogenated alkanes) is 1. The van der Waals surface area contributed by atoms with E-state index < -0.39 is 66.9 Å². The largest absolute Gasteiger partial charge is 0.481 e. The molecule has 1 aliphatic heterocycles. The molecule has 0 unspecified atom stereocenters. The van der Waals surface area contributed by atoms with E-state index in [-0.39, 0.29) is 32.6 Å². The lowest BCUT2D eigenvalue weighted by Gasteiger charge is -2.38. The van der Waals surface area contributed by atoms with Gasteiger partial charge in [-0.05, 0) is 25.3 Å². The molecule has 6 N–H and O–H groups in total. The molecule has 1 aromatic rings. The SMILES string of the molecule is C[C@@H]1O[C@@H](OCCNC(=O)[C@H](CC(=O)O)NC(=O)CCCCC(=O)OCc2ccccc2)[C@@H](O)[C@H](O)[C@@H]1O. The quantitative estimate of drug-likeness (QED) is 0.120. The summed E-state index contributed by atoms with van der Waals surface area (Å²) in [5.41, 5.74) is 0.864. The summed E-state index contributed by atoms with van der Waals surface area (Å²) in [6.45, 7) is 1.40. The van der Waals surface area contributed by atoms with Gasteiger partial charge in [0.15, 0.2) is 6.29 Å². The van der Waals surface area contributed by atoms with Crippen molar-refractivity contribution >= 4 is 23.8 Å². The Morgan fingerprint density at radius 2 is 1.68 bits per heavy atom. The van der Waals surface area contributed by atoms with Crippen LogP contribution in [0.5, 0.6) is 0 Å². The number of aliphatic hydroxyl groups is 3. The van der Waals surface area contributed by atoms with Gasteiger partial charge in [0, 0.05) is 19.4 Å². The molecule has 38 heavy (non-hydrogen) atoms. The van der Waals surface area contributed by atoms with Crippen LogP contribution in [-0.2, 0) is 40.0 Å². The van der Waals surface area contributed by atoms with Crippen molar-refractivity contribution in [3.8, 4) is 0 Å². The van der Waals surface area contributed by atoms with Crippen molar-refractivity contribution in [1.82, 2.24) is 10.6 Å². The Morgan fingerprint density at radius 3 is 2.37 bits per heavy atom. The molecule has 1 aliphatic rings. The van der Waals surface area contributed by atoms with Gasteiger partial charge >= 0.3 is 11.9 Å². The maximum atomic E-state index is 12.4. The first kappa shape index (κ1) is 31.1. The molecule has 2 rings (SSSR count). The minimum absolute atomic E-state index is 0.0122. The number of aliphatic carboxylic acids is 1. The number of benzene rings is 1. The molecule has 1 heterocycles. The number of amides is 2. The average Bonchev–Trinajstić information content (AvgIpc) is 2.89. The minimum Gasteiger partial charge on any atom is -0.481 e. The van der Waals surface area contributed by atoms with Gasteiger partial charge < -0.3 is 45.3 Å². The van der Waals surface area contributed by atoms with Crippen molar-refractivity contribution in [3.05, 3.63) is 35.9 Å². The number of carboxylic acid groups (broad SMARTS) is 1. The standard InChI is InChI=1S/C25H36N2O11/c1-15-21(32)22(33)23(34)25(38-15)36-12-11-26-24(35)17(13-19(29)30)27-18(28)9-5-6-10-20(31)37-14-16-7-3-2-4-8-16/h2-4,7-8,15,17,21-23,25,32-34H,5-6,9-14H2,1H3,(H,26,35)(H,27,28)(H,29,30)/t15-,17-,21+,22+,23-,25+/m0/s1. The van der Waals surface area contributed by atoms with E-state index in [9.17, 15) is 34.5 Å². The number of hydrogen-bond acceptors (Lipinski definition) is 10. The number of nitrogens with one attached hydrogen (secondary N) is 2. The normalized spacial score (nSPS) is 23.7. The second-order valence-corrected chi connectivity index (χ2v) is 8.91. The molecule has 1 fully saturated rings. The van der Waals surface area contributed by atoms with E-state index in [0.717, 1.165) is 5.56 Å². The Kier molecular flexibility index (Phi) is 13.1. The smallest absolute Gasteiger partial charge is 0.306 e. The van der Waals surface area contributed by atoms with Crippen molar-refractivity contribution in [3.63, 3.8) is 0 Å². The van der Waals surface area contributed by atoms with Gasteiger partial charge in [0.2, 0.25) is 11.8 Å². The predicted molar refractivity (Wildman–Crippen MR) is 130 cm³/mol. The van der Waals surface area contributed by atoms with Crippen LogP contribution in [0.3, 0.4) is 0 Å². The van der Waals surface area contributed by atoms with Gasteiger partial charge in [-0.15, -0.1) is 0 Å². The number of hydrogen-bond donors (Lipinski definition) is 6. The molecule has 0 bridgehead atoms. The summed E-state index contributed by atoms with van der Waals surface area (Å²) < 4.78 is 15.8. The summed E-state index contributed by atoms with van der Waals surface area (Å²) in [6, 6.07) is 7.87. The van der Waals surface area contributed by atoms with Crippen molar-refractivity contribution in [2.45, 2.75) is 82.4 Å². The van der Waals surface area contributed by atoms with Crippen LogP contribution < -0.4 is 10.6 Å². The lowest BCUT2D eigenvalue weighted by atomic mass is 10.0. The van der Waals surface area contributed by atoms with Crippen LogP contribution in [0.2, 0.25) is 0 Å². The molecule has 6 atom stereocenters. The fraction of sp³-hybridized carbons (Fsp3) is 0.600. The number of esters is 1. The number of aliphatic hydroxyl groups excluding tert-OH is 3. The number of carbonyl (C=O) groups excluding carboxylic acids is 3. The lowest BCUT2D eigenvalue weighted by Crippen LogP contribution is -2.57. The van der Waals surface area contributed by atoms with E-state index in [4.69, 9.17) is 19.3 Å². The second-order valence-electron chi connectivity index (χ2n) is 8.91. The van der Waals surface area contributed by atoms with Crippen LogP contribution >= 0.6 is 0 Å². The molecule has 13 nitrogen and oxygen atoms in total. The van der Waals surface area contributed by atoms with E-state index in [1.807, 2.05) is 30.3 Å². The van der Waals surface area contributed by atoms with E-state index in [0.29, 0.717) is 12.8 Å². The Hall–Kier alpha value is -3.10. The fourth-order valence-electron chi connectivity index (χ4n) is 3.64. The Labute approximate surface area is 220 Å². The Morgan fingerprint density at radius 1 is 1.00 bits per heavy atom. The van der Waals surface area contributed by atoms with Crippen LogP contribution in [0, 0.1) is 0 Å². The average molecular weight is 541 g/mol. The zero-order valence-corrected chi connectivity index (χ0v) is 21.2. The van der Waals surface area contributed by atoms with Gasteiger partial charge in [-0.1, -0.05) is 30.3 Å². The van der Waals surface area contributed by atoms with E-state index >= 15 is 0 Å².